The summed E-state index contributed by atoms with van der Waals surface area (Å²) in [7, 11) is -2.28. The van der Waals surface area contributed by atoms with E-state index in [1.807, 2.05) is 0 Å². The molecule has 2 aromatic rings. The zero-order chi connectivity index (χ0) is 19.2. The number of aryl methyl sites for hydroxylation is 2. The van der Waals surface area contributed by atoms with Crippen LogP contribution >= 0.6 is 0 Å². The number of carbonyl (C=O) groups excluding carboxylic acids is 1. The van der Waals surface area contributed by atoms with E-state index < -0.39 is 21.9 Å². The van der Waals surface area contributed by atoms with Crippen molar-refractivity contribution in [2.24, 2.45) is 7.05 Å². The molecule has 0 aliphatic carbocycles. The molecule has 1 atom stereocenters. The summed E-state index contributed by atoms with van der Waals surface area (Å²) in [4.78, 5) is 15.4. The summed E-state index contributed by atoms with van der Waals surface area (Å²) in [6.07, 6.45) is 3.99. The van der Waals surface area contributed by atoms with Gasteiger partial charge in [-0.3, -0.25) is 4.79 Å². The third-order valence-electron chi connectivity index (χ3n) is 4.99. The molecule has 2 N–H and O–H groups in total. The lowest BCUT2D eigenvalue weighted by atomic mass is 10.0. The minimum atomic E-state index is -4.08. The van der Waals surface area contributed by atoms with Crippen molar-refractivity contribution in [2.75, 3.05) is 25.0 Å². The Hall–Kier alpha value is -2.30. The predicted molar refractivity (Wildman–Crippen MR) is 96.1 cm³/mol. The SMILES string of the molecule is Cn1ccnc1C1CNCCN1S(=O)(=O)c1cc2c(cc1F)NC(=O)CC2. The van der Waals surface area contributed by atoms with Crippen molar-refractivity contribution in [1.29, 1.82) is 0 Å². The molecule has 0 saturated carbocycles. The number of amides is 1. The van der Waals surface area contributed by atoms with Gasteiger partial charge < -0.3 is 15.2 Å². The molecule has 2 aliphatic heterocycles. The molecule has 3 heterocycles. The summed E-state index contributed by atoms with van der Waals surface area (Å²) in [5.74, 6) is -0.473. The molecule has 27 heavy (non-hydrogen) atoms. The fourth-order valence-electron chi connectivity index (χ4n) is 3.60. The molecule has 1 aromatic carbocycles. The normalized spacial score (nSPS) is 21.0. The second-order valence-electron chi connectivity index (χ2n) is 6.72. The van der Waals surface area contributed by atoms with Gasteiger partial charge in [-0.1, -0.05) is 0 Å². The van der Waals surface area contributed by atoms with E-state index in [1.54, 1.807) is 24.0 Å². The van der Waals surface area contributed by atoms with Crippen molar-refractivity contribution in [3.8, 4) is 0 Å². The van der Waals surface area contributed by atoms with Gasteiger partial charge in [-0.15, -0.1) is 0 Å². The predicted octanol–water partition coefficient (Wildman–Crippen LogP) is 0.779. The molecule has 0 radical (unpaired) electrons. The van der Waals surface area contributed by atoms with Crippen molar-refractivity contribution in [3.63, 3.8) is 0 Å². The number of anilines is 1. The lowest BCUT2D eigenvalue weighted by Gasteiger charge is -2.35. The van der Waals surface area contributed by atoms with Gasteiger partial charge in [0.15, 0.2) is 0 Å². The number of hydrogen-bond donors (Lipinski definition) is 2. The second-order valence-corrected chi connectivity index (χ2v) is 8.58. The number of benzene rings is 1. The highest BCUT2D eigenvalue weighted by molar-refractivity contribution is 7.89. The number of fused-ring (bicyclic) bond motifs is 1. The van der Waals surface area contributed by atoms with E-state index in [1.165, 1.54) is 10.4 Å². The van der Waals surface area contributed by atoms with Crippen molar-refractivity contribution >= 4 is 21.6 Å². The zero-order valence-electron chi connectivity index (χ0n) is 14.8. The number of nitrogens with zero attached hydrogens (tertiary/aromatic N) is 3. The third-order valence-corrected chi connectivity index (χ3v) is 6.91. The molecule has 1 saturated heterocycles. The number of halogens is 1. The maximum Gasteiger partial charge on any atom is 0.246 e. The van der Waals surface area contributed by atoms with Gasteiger partial charge in [0.25, 0.3) is 0 Å². The number of nitrogens with one attached hydrogen (secondary N) is 2. The largest absolute Gasteiger partial charge is 0.337 e. The minimum Gasteiger partial charge on any atom is -0.337 e. The van der Waals surface area contributed by atoms with Crippen LogP contribution < -0.4 is 10.6 Å². The molecule has 144 valence electrons. The van der Waals surface area contributed by atoms with E-state index in [0.29, 0.717) is 36.6 Å². The van der Waals surface area contributed by atoms with Gasteiger partial charge in [0.1, 0.15) is 16.5 Å². The van der Waals surface area contributed by atoms with E-state index in [4.69, 9.17) is 0 Å². The first-order valence-corrected chi connectivity index (χ1v) is 10.1. The Morgan fingerprint density at radius 2 is 2.11 bits per heavy atom. The first-order chi connectivity index (χ1) is 12.9. The molecule has 8 nitrogen and oxygen atoms in total. The summed E-state index contributed by atoms with van der Waals surface area (Å²) in [6.45, 7) is 1.09. The van der Waals surface area contributed by atoms with Crippen LogP contribution in [-0.2, 0) is 28.3 Å². The van der Waals surface area contributed by atoms with Gasteiger partial charge in [0.2, 0.25) is 15.9 Å². The molecule has 1 unspecified atom stereocenters. The first-order valence-electron chi connectivity index (χ1n) is 8.70. The standard InChI is InChI=1S/C17H20FN5O3S/c1-22-6-5-20-17(22)14-10-19-4-7-23(14)27(25,26)15-8-11-2-3-16(24)21-13(11)9-12(15)18/h5-6,8-9,14,19H,2-4,7,10H2,1H3,(H,21,24). The Balaban J connectivity index is 1.76. The molecule has 4 rings (SSSR count). The van der Waals surface area contributed by atoms with Crippen LogP contribution in [0.1, 0.15) is 23.9 Å². The molecule has 1 fully saturated rings. The number of carbonyl (C=O) groups is 1. The topological polar surface area (TPSA) is 96.3 Å². The molecule has 0 bridgehead atoms. The van der Waals surface area contributed by atoms with Crippen LogP contribution in [0.5, 0.6) is 0 Å². The Bertz CT molecular complexity index is 1000. The average Bonchev–Trinajstić information content (AvgIpc) is 3.06. The van der Waals surface area contributed by atoms with E-state index in [0.717, 1.165) is 6.07 Å². The Labute approximate surface area is 156 Å². The fourth-order valence-corrected chi connectivity index (χ4v) is 5.28. The number of aromatic nitrogens is 2. The van der Waals surface area contributed by atoms with Gasteiger partial charge in [0, 0.05) is 51.2 Å². The van der Waals surface area contributed by atoms with Crippen LogP contribution in [0.3, 0.4) is 0 Å². The van der Waals surface area contributed by atoms with E-state index in [9.17, 15) is 17.6 Å². The summed E-state index contributed by atoms with van der Waals surface area (Å²) in [5.41, 5.74) is 0.960. The first kappa shape index (κ1) is 18.1. The monoisotopic (exact) mass is 393 g/mol. The molecule has 1 aromatic heterocycles. The number of piperazine rings is 1. The van der Waals surface area contributed by atoms with Crippen LogP contribution in [0.2, 0.25) is 0 Å². The molecule has 1 amide bonds. The number of hydrogen-bond acceptors (Lipinski definition) is 5. The van der Waals surface area contributed by atoms with Crippen LogP contribution in [0.4, 0.5) is 10.1 Å². The van der Waals surface area contributed by atoms with Gasteiger partial charge >= 0.3 is 0 Å². The van der Waals surface area contributed by atoms with Crippen molar-refractivity contribution in [2.45, 2.75) is 23.8 Å². The van der Waals surface area contributed by atoms with Crippen LogP contribution in [-0.4, -0.2) is 47.8 Å². The van der Waals surface area contributed by atoms with Gasteiger partial charge in [-0.25, -0.2) is 17.8 Å². The van der Waals surface area contributed by atoms with E-state index in [-0.39, 0.29) is 23.8 Å². The average molecular weight is 393 g/mol. The van der Waals surface area contributed by atoms with Crippen LogP contribution in [0.15, 0.2) is 29.4 Å². The van der Waals surface area contributed by atoms with E-state index in [2.05, 4.69) is 15.6 Å². The third kappa shape index (κ3) is 3.13. The van der Waals surface area contributed by atoms with Crippen molar-refractivity contribution < 1.29 is 17.6 Å². The molecule has 0 spiro atoms. The Kier molecular flexibility index (Phi) is 4.49. The quantitative estimate of drug-likeness (QED) is 0.803. The smallest absolute Gasteiger partial charge is 0.246 e. The summed E-state index contributed by atoms with van der Waals surface area (Å²) >= 11 is 0. The highest BCUT2D eigenvalue weighted by Crippen LogP contribution is 2.33. The number of imidazole rings is 1. The van der Waals surface area contributed by atoms with Crippen LogP contribution in [0.25, 0.3) is 0 Å². The van der Waals surface area contributed by atoms with Crippen molar-refractivity contribution in [3.05, 3.63) is 41.7 Å². The molecular weight excluding hydrogens is 373 g/mol. The van der Waals surface area contributed by atoms with Gasteiger partial charge in [-0.05, 0) is 24.1 Å². The number of sulfonamides is 1. The Morgan fingerprint density at radius 1 is 1.30 bits per heavy atom. The molecular formula is C17H20FN5O3S. The lowest BCUT2D eigenvalue weighted by molar-refractivity contribution is -0.116. The van der Waals surface area contributed by atoms with Gasteiger partial charge in [-0.2, -0.15) is 4.31 Å². The highest BCUT2D eigenvalue weighted by Gasteiger charge is 2.38. The minimum absolute atomic E-state index is 0.200. The summed E-state index contributed by atoms with van der Waals surface area (Å²) < 4.78 is 44.4. The lowest BCUT2D eigenvalue weighted by Crippen LogP contribution is -2.49. The van der Waals surface area contributed by atoms with Gasteiger partial charge in [0.05, 0.1) is 6.04 Å². The number of rotatable bonds is 3. The maximum absolute atomic E-state index is 14.7. The maximum atomic E-state index is 14.7. The highest BCUT2D eigenvalue weighted by atomic mass is 32.2. The second kappa shape index (κ2) is 6.70. The Morgan fingerprint density at radius 3 is 2.85 bits per heavy atom. The fraction of sp³-hybridized carbons (Fsp3) is 0.412. The molecule has 2 aliphatic rings. The van der Waals surface area contributed by atoms with Crippen LogP contribution in [0, 0.1) is 5.82 Å². The molecule has 10 heteroatoms. The van der Waals surface area contributed by atoms with Crippen molar-refractivity contribution in [1.82, 2.24) is 19.2 Å². The summed E-state index contributed by atoms with van der Waals surface area (Å²) in [6, 6.07) is 1.91. The zero-order valence-corrected chi connectivity index (χ0v) is 15.6. The summed E-state index contributed by atoms with van der Waals surface area (Å²) in [5, 5.41) is 5.76. The van der Waals surface area contributed by atoms with E-state index >= 15 is 0 Å².